The first-order valence-corrected chi connectivity index (χ1v) is 12.4. The van der Waals surface area contributed by atoms with E-state index in [1.807, 2.05) is 72.8 Å². The maximum Gasteiger partial charge on any atom is 0.242 e. The van der Waals surface area contributed by atoms with Gasteiger partial charge in [-0.25, -0.2) is 0 Å². The molecule has 196 valence electrons. The van der Waals surface area contributed by atoms with Crippen LogP contribution in [0.5, 0.6) is 17.2 Å². The Bertz CT molecular complexity index is 1150. The molecule has 7 nitrogen and oxygen atoms in total. The van der Waals surface area contributed by atoms with E-state index in [0.29, 0.717) is 43.9 Å². The third-order valence-corrected chi connectivity index (χ3v) is 6.31. The number of methoxy groups -OCH3 is 3. The van der Waals surface area contributed by atoms with Gasteiger partial charge in [-0.15, -0.1) is 0 Å². The Hall–Kier alpha value is -4.00. The van der Waals surface area contributed by atoms with Crippen molar-refractivity contribution in [1.29, 1.82) is 0 Å². The number of benzene rings is 3. The minimum absolute atomic E-state index is 0.0674. The van der Waals surface area contributed by atoms with Crippen LogP contribution in [0, 0.1) is 0 Å². The molecule has 0 aliphatic heterocycles. The summed E-state index contributed by atoms with van der Waals surface area (Å²) >= 11 is 0. The standard InChI is InChI=1S/C30H36N2O5/c1-22(30(34)31-19-18-24-12-16-27(36-3)28(20-24)37-4)32(21-25-10-14-26(35-2)15-11-25)29(33)17-13-23-8-6-5-7-9-23/h5-12,14-16,20,22H,13,17-19,21H2,1-4H3,(H,31,34)/t22-/m0/s1. The zero-order valence-electron chi connectivity index (χ0n) is 22.0. The highest BCUT2D eigenvalue weighted by Gasteiger charge is 2.26. The van der Waals surface area contributed by atoms with Crippen LogP contribution in [0.3, 0.4) is 0 Å². The molecule has 0 saturated carbocycles. The quantitative estimate of drug-likeness (QED) is 0.373. The second-order valence-electron chi connectivity index (χ2n) is 8.76. The van der Waals surface area contributed by atoms with Crippen LogP contribution < -0.4 is 19.5 Å². The van der Waals surface area contributed by atoms with E-state index in [1.54, 1.807) is 33.2 Å². The normalized spacial score (nSPS) is 11.4. The second kappa shape index (κ2) is 13.9. The van der Waals surface area contributed by atoms with E-state index in [1.165, 1.54) is 0 Å². The van der Waals surface area contributed by atoms with Gasteiger partial charge in [0.25, 0.3) is 0 Å². The number of carbonyl (C=O) groups is 2. The van der Waals surface area contributed by atoms with Gasteiger partial charge in [0.1, 0.15) is 11.8 Å². The third-order valence-electron chi connectivity index (χ3n) is 6.31. The predicted molar refractivity (Wildman–Crippen MR) is 144 cm³/mol. The van der Waals surface area contributed by atoms with Crippen molar-refractivity contribution in [2.24, 2.45) is 0 Å². The predicted octanol–water partition coefficient (Wildman–Crippen LogP) is 4.42. The molecule has 3 aromatic rings. The van der Waals surface area contributed by atoms with Crippen LogP contribution in [0.1, 0.15) is 30.0 Å². The van der Waals surface area contributed by atoms with Crippen LogP contribution in [0.15, 0.2) is 72.8 Å². The molecular weight excluding hydrogens is 468 g/mol. The van der Waals surface area contributed by atoms with Gasteiger partial charge in [-0.05, 0) is 60.7 Å². The maximum absolute atomic E-state index is 13.3. The molecule has 0 heterocycles. The van der Waals surface area contributed by atoms with Gasteiger partial charge in [0.15, 0.2) is 11.5 Å². The number of hydrogen-bond acceptors (Lipinski definition) is 5. The fraction of sp³-hybridized carbons (Fsp3) is 0.333. The van der Waals surface area contributed by atoms with Crippen molar-refractivity contribution < 1.29 is 23.8 Å². The highest BCUT2D eigenvalue weighted by Crippen LogP contribution is 2.27. The van der Waals surface area contributed by atoms with Gasteiger partial charge in [-0.2, -0.15) is 0 Å². The van der Waals surface area contributed by atoms with E-state index in [9.17, 15) is 9.59 Å². The summed E-state index contributed by atoms with van der Waals surface area (Å²) in [7, 11) is 4.80. The molecule has 3 aromatic carbocycles. The lowest BCUT2D eigenvalue weighted by atomic mass is 10.1. The van der Waals surface area contributed by atoms with Crippen LogP contribution in [-0.4, -0.2) is 50.6 Å². The topological polar surface area (TPSA) is 77.1 Å². The monoisotopic (exact) mass is 504 g/mol. The summed E-state index contributed by atoms with van der Waals surface area (Å²) < 4.78 is 15.9. The van der Waals surface area contributed by atoms with Gasteiger partial charge in [-0.1, -0.05) is 48.5 Å². The lowest BCUT2D eigenvalue weighted by Crippen LogP contribution is -2.48. The summed E-state index contributed by atoms with van der Waals surface area (Å²) in [6.45, 7) is 2.55. The molecule has 7 heteroatoms. The van der Waals surface area contributed by atoms with E-state index in [4.69, 9.17) is 14.2 Å². The first-order chi connectivity index (χ1) is 17.9. The Morgan fingerprint density at radius 1 is 0.784 bits per heavy atom. The zero-order chi connectivity index (χ0) is 26.6. The molecule has 0 aliphatic carbocycles. The molecule has 0 bridgehead atoms. The Morgan fingerprint density at radius 2 is 1.46 bits per heavy atom. The van der Waals surface area contributed by atoms with Crippen LogP contribution in [-0.2, 0) is 29.0 Å². The number of nitrogens with one attached hydrogen (secondary N) is 1. The third kappa shape index (κ3) is 8.00. The molecule has 0 saturated heterocycles. The largest absolute Gasteiger partial charge is 0.497 e. The van der Waals surface area contributed by atoms with Gasteiger partial charge < -0.3 is 24.4 Å². The highest BCUT2D eigenvalue weighted by molar-refractivity contribution is 5.87. The maximum atomic E-state index is 13.3. The van der Waals surface area contributed by atoms with E-state index in [2.05, 4.69) is 5.32 Å². The van der Waals surface area contributed by atoms with Crippen molar-refractivity contribution in [2.75, 3.05) is 27.9 Å². The molecular formula is C30H36N2O5. The molecule has 37 heavy (non-hydrogen) atoms. The van der Waals surface area contributed by atoms with Gasteiger partial charge >= 0.3 is 0 Å². The van der Waals surface area contributed by atoms with Crippen LogP contribution >= 0.6 is 0 Å². The van der Waals surface area contributed by atoms with E-state index < -0.39 is 6.04 Å². The second-order valence-corrected chi connectivity index (χ2v) is 8.76. The average Bonchev–Trinajstić information content (AvgIpc) is 2.94. The number of nitrogens with zero attached hydrogens (tertiary/aromatic N) is 1. The zero-order valence-corrected chi connectivity index (χ0v) is 22.0. The SMILES string of the molecule is COc1ccc(CN(C(=O)CCc2ccccc2)[C@@H](C)C(=O)NCCc2ccc(OC)c(OC)c2)cc1. The summed E-state index contributed by atoms with van der Waals surface area (Å²) in [5.41, 5.74) is 3.03. The molecule has 0 unspecified atom stereocenters. The smallest absolute Gasteiger partial charge is 0.242 e. The fourth-order valence-corrected chi connectivity index (χ4v) is 4.06. The minimum atomic E-state index is -0.629. The first-order valence-electron chi connectivity index (χ1n) is 12.4. The Balaban J connectivity index is 1.65. The lowest BCUT2D eigenvalue weighted by Gasteiger charge is -2.29. The van der Waals surface area contributed by atoms with E-state index in [-0.39, 0.29) is 11.8 Å². The number of rotatable bonds is 13. The fourth-order valence-electron chi connectivity index (χ4n) is 4.06. The molecule has 1 atom stereocenters. The van der Waals surface area contributed by atoms with Gasteiger partial charge in [0.2, 0.25) is 11.8 Å². The average molecular weight is 505 g/mol. The molecule has 2 amide bonds. The van der Waals surface area contributed by atoms with Crippen LogP contribution in [0.2, 0.25) is 0 Å². The van der Waals surface area contributed by atoms with E-state index in [0.717, 1.165) is 22.4 Å². The van der Waals surface area contributed by atoms with E-state index >= 15 is 0 Å². The number of amides is 2. The van der Waals surface area contributed by atoms with Crippen molar-refractivity contribution >= 4 is 11.8 Å². The molecule has 0 radical (unpaired) electrons. The van der Waals surface area contributed by atoms with Crippen LogP contribution in [0.25, 0.3) is 0 Å². The van der Waals surface area contributed by atoms with Crippen molar-refractivity contribution in [3.8, 4) is 17.2 Å². The highest BCUT2D eigenvalue weighted by atomic mass is 16.5. The van der Waals surface area contributed by atoms with Gasteiger partial charge in [0.05, 0.1) is 21.3 Å². The van der Waals surface area contributed by atoms with Gasteiger partial charge in [0, 0.05) is 19.5 Å². The summed E-state index contributed by atoms with van der Waals surface area (Å²) in [5.74, 6) is 1.79. The minimum Gasteiger partial charge on any atom is -0.497 e. The molecule has 0 aromatic heterocycles. The lowest BCUT2D eigenvalue weighted by molar-refractivity contribution is -0.140. The summed E-state index contributed by atoms with van der Waals surface area (Å²) in [5, 5.41) is 2.99. The van der Waals surface area contributed by atoms with Gasteiger partial charge in [-0.3, -0.25) is 9.59 Å². The summed E-state index contributed by atoms with van der Waals surface area (Å²) in [6.07, 6.45) is 1.56. The van der Waals surface area contributed by atoms with Crippen molar-refractivity contribution in [2.45, 2.75) is 38.8 Å². The Labute approximate surface area is 219 Å². The molecule has 3 rings (SSSR count). The summed E-state index contributed by atoms with van der Waals surface area (Å²) in [4.78, 5) is 28.1. The molecule has 0 aliphatic rings. The number of ether oxygens (including phenoxy) is 3. The number of carbonyl (C=O) groups excluding carboxylic acids is 2. The molecule has 0 spiro atoms. The Kier molecular flexibility index (Phi) is 10.4. The van der Waals surface area contributed by atoms with Crippen LogP contribution in [0.4, 0.5) is 0 Å². The summed E-state index contributed by atoms with van der Waals surface area (Å²) in [6, 6.07) is 22.5. The number of hydrogen-bond donors (Lipinski definition) is 1. The molecule has 1 N–H and O–H groups in total. The molecule has 0 fully saturated rings. The first kappa shape index (κ1) is 27.6. The van der Waals surface area contributed by atoms with Crippen molar-refractivity contribution in [1.82, 2.24) is 10.2 Å². The van der Waals surface area contributed by atoms with Crippen molar-refractivity contribution in [3.05, 3.63) is 89.5 Å². The van der Waals surface area contributed by atoms with Crippen molar-refractivity contribution in [3.63, 3.8) is 0 Å². The Morgan fingerprint density at radius 3 is 2.11 bits per heavy atom. The number of aryl methyl sites for hydroxylation is 1.